The molecular formula is C20H30ClN5O2. The van der Waals surface area contributed by atoms with Gasteiger partial charge in [-0.15, -0.1) is 5.10 Å². The lowest BCUT2D eigenvalue weighted by Crippen LogP contribution is -2.29. The maximum Gasteiger partial charge on any atom is 0.241 e. The summed E-state index contributed by atoms with van der Waals surface area (Å²) in [5.41, 5.74) is 0. The number of amides is 1. The van der Waals surface area contributed by atoms with Crippen molar-refractivity contribution in [3.8, 4) is 5.75 Å². The molecule has 0 radical (unpaired) electrons. The van der Waals surface area contributed by atoms with Gasteiger partial charge in [0.1, 0.15) is 18.9 Å². The monoisotopic (exact) mass is 407 g/mol. The van der Waals surface area contributed by atoms with Crippen molar-refractivity contribution in [2.45, 2.75) is 71.4 Å². The number of ether oxygens (including phenoxy) is 1. The van der Waals surface area contributed by atoms with E-state index in [4.69, 9.17) is 16.3 Å². The van der Waals surface area contributed by atoms with Crippen molar-refractivity contribution < 1.29 is 9.53 Å². The minimum absolute atomic E-state index is 0.0746. The highest BCUT2D eigenvalue weighted by molar-refractivity contribution is 6.32. The number of halogens is 1. The smallest absolute Gasteiger partial charge is 0.241 e. The number of hydrogen-bond acceptors (Lipinski definition) is 5. The molecule has 0 fully saturated rings. The zero-order valence-electron chi connectivity index (χ0n) is 16.6. The van der Waals surface area contributed by atoms with Gasteiger partial charge < -0.3 is 10.1 Å². The highest BCUT2D eigenvalue weighted by Gasteiger charge is 2.11. The average Bonchev–Trinajstić information content (AvgIpc) is 3.13. The lowest BCUT2D eigenvalue weighted by Gasteiger charge is -2.09. The first-order valence-corrected chi connectivity index (χ1v) is 10.5. The van der Waals surface area contributed by atoms with Gasteiger partial charge in [0.2, 0.25) is 5.91 Å². The molecule has 0 atom stereocenters. The third kappa shape index (κ3) is 8.25. The second-order valence-electron chi connectivity index (χ2n) is 6.80. The molecule has 8 heteroatoms. The first-order valence-electron chi connectivity index (χ1n) is 10.1. The molecule has 0 aliphatic heterocycles. The zero-order valence-corrected chi connectivity index (χ0v) is 17.3. The molecule has 0 saturated carbocycles. The maximum atomic E-state index is 12.1. The number of carbonyl (C=O) groups excluding carboxylic acids is 1. The molecule has 28 heavy (non-hydrogen) atoms. The molecule has 1 aromatic heterocycles. The SMILES string of the molecule is CCCCCCCCCCNC(=O)Cn1nnnc1COc1ccccc1Cl. The summed E-state index contributed by atoms with van der Waals surface area (Å²) in [5.74, 6) is 0.925. The van der Waals surface area contributed by atoms with E-state index in [0.717, 1.165) is 12.8 Å². The molecular weight excluding hydrogens is 378 g/mol. The van der Waals surface area contributed by atoms with Gasteiger partial charge in [0.25, 0.3) is 0 Å². The van der Waals surface area contributed by atoms with Crippen LogP contribution in [-0.2, 0) is 17.9 Å². The van der Waals surface area contributed by atoms with Crippen LogP contribution >= 0.6 is 11.6 Å². The lowest BCUT2D eigenvalue weighted by molar-refractivity contribution is -0.121. The summed E-state index contributed by atoms with van der Waals surface area (Å²) in [6.45, 7) is 3.13. The Labute approximate surface area is 171 Å². The quantitative estimate of drug-likeness (QED) is 0.475. The van der Waals surface area contributed by atoms with Gasteiger partial charge >= 0.3 is 0 Å². The number of benzene rings is 1. The van der Waals surface area contributed by atoms with Crippen LogP contribution in [0.2, 0.25) is 5.02 Å². The van der Waals surface area contributed by atoms with Crippen molar-refractivity contribution in [3.63, 3.8) is 0 Å². The van der Waals surface area contributed by atoms with E-state index in [1.807, 2.05) is 12.1 Å². The Bertz CT molecular complexity index is 707. The van der Waals surface area contributed by atoms with E-state index in [-0.39, 0.29) is 19.1 Å². The number of para-hydroxylation sites is 1. The molecule has 0 aliphatic carbocycles. The second kappa shape index (κ2) is 13.1. The summed E-state index contributed by atoms with van der Waals surface area (Å²) in [7, 11) is 0. The van der Waals surface area contributed by atoms with Crippen molar-refractivity contribution in [2.75, 3.05) is 6.54 Å². The Hall–Kier alpha value is -2.15. The molecule has 1 N–H and O–H groups in total. The van der Waals surface area contributed by atoms with Crippen LogP contribution in [0, 0.1) is 0 Å². The molecule has 1 amide bonds. The number of rotatable bonds is 14. The van der Waals surface area contributed by atoms with Gasteiger partial charge in [-0.05, 0) is 29.0 Å². The summed E-state index contributed by atoms with van der Waals surface area (Å²) in [4.78, 5) is 12.1. The number of hydrogen-bond donors (Lipinski definition) is 1. The molecule has 0 unspecified atom stereocenters. The topological polar surface area (TPSA) is 81.9 Å². The second-order valence-corrected chi connectivity index (χ2v) is 7.20. The lowest BCUT2D eigenvalue weighted by atomic mass is 10.1. The van der Waals surface area contributed by atoms with Gasteiger partial charge in [-0.1, -0.05) is 75.6 Å². The number of tetrazole rings is 1. The highest BCUT2D eigenvalue weighted by atomic mass is 35.5. The zero-order chi connectivity index (χ0) is 20.0. The van der Waals surface area contributed by atoms with Crippen LogP contribution in [0.3, 0.4) is 0 Å². The summed E-state index contributed by atoms with van der Waals surface area (Å²) in [6, 6.07) is 7.18. The van der Waals surface area contributed by atoms with Crippen LogP contribution < -0.4 is 10.1 Å². The number of aromatic nitrogens is 4. The standard InChI is InChI=1S/C20H30ClN5O2/c1-2-3-4-5-6-7-8-11-14-22-20(27)15-26-19(23-24-25-26)16-28-18-13-10-9-12-17(18)21/h9-10,12-13H,2-8,11,14-16H2,1H3,(H,22,27). The van der Waals surface area contributed by atoms with Gasteiger partial charge in [-0.3, -0.25) is 4.79 Å². The Morgan fingerprint density at radius 2 is 1.82 bits per heavy atom. The normalized spacial score (nSPS) is 10.8. The molecule has 1 aromatic carbocycles. The number of nitrogens with one attached hydrogen (secondary N) is 1. The van der Waals surface area contributed by atoms with E-state index in [1.54, 1.807) is 12.1 Å². The fraction of sp³-hybridized carbons (Fsp3) is 0.600. The Balaban J connectivity index is 1.62. The van der Waals surface area contributed by atoms with Gasteiger partial charge in [0.05, 0.1) is 5.02 Å². The van der Waals surface area contributed by atoms with Crippen LogP contribution in [0.15, 0.2) is 24.3 Å². The van der Waals surface area contributed by atoms with Crippen LogP contribution in [0.5, 0.6) is 5.75 Å². The third-order valence-corrected chi connectivity index (χ3v) is 4.76. The molecule has 1 heterocycles. The molecule has 154 valence electrons. The fourth-order valence-electron chi connectivity index (χ4n) is 2.83. The van der Waals surface area contributed by atoms with Crippen molar-refractivity contribution in [1.29, 1.82) is 0 Å². The molecule has 0 spiro atoms. The van der Waals surface area contributed by atoms with Crippen molar-refractivity contribution in [2.24, 2.45) is 0 Å². The van der Waals surface area contributed by atoms with Crippen LogP contribution in [0.1, 0.15) is 64.1 Å². The minimum atomic E-state index is -0.103. The highest BCUT2D eigenvalue weighted by Crippen LogP contribution is 2.23. The minimum Gasteiger partial charge on any atom is -0.484 e. The van der Waals surface area contributed by atoms with Crippen LogP contribution in [0.4, 0.5) is 0 Å². The predicted octanol–water partition coefficient (Wildman–Crippen LogP) is 4.16. The van der Waals surface area contributed by atoms with E-state index < -0.39 is 0 Å². The molecule has 7 nitrogen and oxygen atoms in total. The summed E-state index contributed by atoms with van der Waals surface area (Å²) >= 11 is 6.07. The Morgan fingerprint density at radius 1 is 1.11 bits per heavy atom. The van der Waals surface area contributed by atoms with E-state index in [1.165, 1.54) is 43.2 Å². The van der Waals surface area contributed by atoms with Gasteiger partial charge in [-0.25, -0.2) is 4.68 Å². The molecule has 2 aromatic rings. The van der Waals surface area contributed by atoms with E-state index in [0.29, 0.717) is 23.1 Å². The largest absolute Gasteiger partial charge is 0.484 e. The summed E-state index contributed by atoms with van der Waals surface area (Å²) in [5, 5.41) is 14.9. The molecule has 0 aliphatic rings. The first-order chi connectivity index (χ1) is 13.7. The summed E-state index contributed by atoms with van der Waals surface area (Å²) < 4.78 is 7.08. The van der Waals surface area contributed by atoms with E-state index in [2.05, 4.69) is 27.8 Å². The van der Waals surface area contributed by atoms with Crippen LogP contribution in [-0.4, -0.2) is 32.7 Å². The van der Waals surface area contributed by atoms with Crippen molar-refractivity contribution >= 4 is 17.5 Å². The van der Waals surface area contributed by atoms with Gasteiger partial charge in [0, 0.05) is 6.54 Å². The molecule has 0 saturated heterocycles. The number of nitrogens with zero attached hydrogens (tertiary/aromatic N) is 4. The number of unbranched alkanes of at least 4 members (excludes halogenated alkanes) is 7. The van der Waals surface area contributed by atoms with Crippen LogP contribution in [0.25, 0.3) is 0 Å². The molecule has 2 rings (SSSR count). The van der Waals surface area contributed by atoms with E-state index >= 15 is 0 Å². The third-order valence-electron chi connectivity index (χ3n) is 4.45. The van der Waals surface area contributed by atoms with Gasteiger partial charge in [-0.2, -0.15) is 0 Å². The van der Waals surface area contributed by atoms with E-state index in [9.17, 15) is 4.79 Å². The van der Waals surface area contributed by atoms with Gasteiger partial charge in [0.15, 0.2) is 5.82 Å². The first kappa shape index (κ1) is 22.1. The maximum absolute atomic E-state index is 12.1. The average molecular weight is 408 g/mol. The number of carbonyl (C=O) groups is 1. The predicted molar refractivity (Wildman–Crippen MR) is 109 cm³/mol. The fourth-order valence-corrected chi connectivity index (χ4v) is 3.02. The van der Waals surface area contributed by atoms with Crippen molar-refractivity contribution in [1.82, 2.24) is 25.5 Å². The van der Waals surface area contributed by atoms with Crippen molar-refractivity contribution in [3.05, 3.63) is 35.1 Å². The molecule has 0 bridgehead atoms. The Morgan fingerprint density at radius 3 is 2.57 bits per heavy atom. The Kier molecular flexibility index (Phi) is 10.4. The summed E-state index contributed by atoms with van der Waals surface area (Å²) in [6.07, 6.45) is 9.93.